The average molecular weight is 254 g/mol. The fraction of sp³-hybridized carbons (Fsp3) is 0.188. The lowest BCUT2D eigenvalue weighted by molar-refractivity contribution is 0.0993. The summed E-state index contributed by atoms with van der Waals surface area (Å²) in [6.45, 7) is 4.04. The van der Waals surface area contributed by atoms with Crippen molar-refractivity contribution in [3.8, 4) is 0 Å². The van der Waals surface area contributed by atoms with Crippen molar-refractivity contribution >= 4 is 17.3 Å². The van der Waals surface area contributed by atoms with Gasteiger partial charge in [0.25, 0.3) is 5.91 Å². The van der Waals surface area contributed by atoms with Crippen LogP contribution in [-0.4, -0.2) is 13.0 Å². The van der Waals surface area contributed by atoms with Crippen molar-refractivity contribution in [2.75, 3.05) is 17.7 Å². The fourth-order valence-electron chi connectivity index (χ4n) is 2.16. The number of anilines is 2. The van der Waals surface area contributed by atoms with Gasteiger partial charge in [0.05, 0.1) is 0 Å². The number of rotatable bonds is 2. The van der Waals surface area contributed by atoms with Crippen LogP contribution in [0.1, 0.15) is 21.5 Å². The molecule has 0 spiro atoms. The van der Waals surface area contributed by atoms with Gasteiger partial charge in [0.1, 0.15) is 0 Å². The second-order valence-electron chi connectivity index (χ2n) is 4.78. The highest BCUT2D eigenvalue weighted by Crippen LogP contribution is 2.22. The normalized spacial score (nSPS) is 10.3. The van der Waals surface area contributed by atoms with Crippen LogP contribution >= 0.6 is 0 Å². The molecule has 0 aromatic heterocycles. The third kappa shape index (κ3) is 2.76. The molecular weight excluding hydrogens is 236 g/mol. The first kappa shape index (κ1) is 13.1. The minimum Gasteiger partial charge on any atom is -0.399 e. The van der Waals surface area contributed by atoms with Crippen molar-refractivity contribution < 1.29 is 4.79 Å². The van der Waals surface area contributed by atoms with E-state index in [0.717, 1.165) is 11.3 Å². The molecule has 0 unspecified atom stereocenters. The summed E-state index contributed by atoms with van der Waals surface area (Å²) in [5, 5.41) is 0. The van der Waals surface area contributed by atoms with E-state index in [1.54, 1.807) is 36.2 Å². The van der Waals surface area contributed by atoms with Gasteiger partial charge in [-0.15, -0.1) is 0 Å². The lowest BCUT2D eigenvalue weighted by Gasteiger charge is -2.20. The van der Waals surface area contributed by atoms with E-state index in [1.807, 2.05) is 26.0 Å². The van der Waals surface area contributed by atoms with Crippen LogP contribution in [-0.2, 0) is 0 Å². The molecule has 0 fully saturated rings. The zero-order chi connectivity index (χ0) is 14.0. The Kier molecular flexibility index (Phi) is 3.56. The van der Waals surface area contributed by atoms with E-state index < -0.39 is 0 Å². The van der Waals surface area contributed by atoms with Crippen LogP contribution in [0.5, 0.6) is 0 Å². The Hall–Kier alpha value is -2.29. The van der Waals surface area contributed by atoms with Gasteiger partial charge in [0.2, 0.25) is 0 Å². The van der Waals surface area contributed by atoms with Gasteiger partial charge in [-0.05, 0) is 43.7 Å². The monoisotopic (exact) mass is 254 g/mol. The Morgan fingerprint density at radius 2 is 1.84 bits per heavy atom. The molecule has 0 aliphatic heterocycles. The van der Waals surface area contributed by atoms with Gasteiger partial charge in [-0.3, -0.25) is 4.79 Å². The predicted molar refractivity (Wildman–Crippen MR) is 79.5 cm³/mol. The highest BCUT2D eigenvalue weighted by Gasteiger charge is 2.15. The number of nitrogen functional groups attached to an aromatic ring is 1. The second kappa shape index (κ2) is 5.14. The third-order valence-corrected chi connectivity index (χ3v) is 3.15. The van der Waals surface area contributed by atoms with Gasteiger partial charge >= 0.3 is 0 Å². The summed E-state index contributed by atoms with van der Waals surface area (Å²) in [7, 11) is 1.78. The van der Waals surface area contributed by atoms with Crippen molar-refractivity contribution in [2.24, 2.45) is 0 Å². The van der Waals surface area contributed by atoms with Crippen LogP contribution in [0.3, 0.4) is 0 Å². The Labute approximate surface area is 113 Å². The summed E-state index contributed by atoms with van der Waals surface area (Å²) in [5.74, 6) is -0.0562. The largest absolute Gasteiger partial charge is 0.399 e. The topological polar surface area (TPSA) is 46.3 Å². The van der Waals surface area contributed by atoms with Crippen LogP contribution in [0, 0.1) is 13.8 Å². The SMILES string of the molecule is Cc1ccc(N(C)C(=O)c2cccc(N)c2)c(C)c1. The number of aryl methyl sites for hydroxylation is 2. The molecule has 2 N–H and O–H groups in total. The summed E-state index contributed by atoms with van der Waals surface area (Å²) >= 11 is 0. The number of benzene rings is 2. The highest BCUT2D eigenvalue weighted by atomic mass is 16.2. The molecular formula is C16H18N2O. The summed E-state index contributed by atoms with van der Waals surface area (Å²) in [5.41, 5.74) is 10.1. The molecule has 0 atom stereocenters. The molecule has 0 radical (unpaired) electrons. The zero-order valence-electron chi connectivity index (χ0n) is 11.5. The molecule has 0 saturated heterocycles. The first-order valence-electron chi connectivity index (χ1n) is 6.20. The standard InChI is InChI=1S/C16H18N2O/c1-11-7-8-15(12(2)9-11)18(3)16(19)13-5-4-6-14(17)10-13/h4-10H,17H2,1-3H3. The van der Waals surface area contributed by atoms with E-state index in [0.29, 0.717) is 11.3 Å². The summed E-state index contributed by atoms with van der Waals surface area (Å²) in [6.07, 6.45) is 0. The van der Waals surface area contributed by atoms with E-state index in [2.05, 4.69) is 6.07 Å². The number of hydrogen-bond donors (Lipinski definition) is 1. The lowest BCUT2D eigenvalue weighted by Crippen LogP contribution is -2.27. The quantitative estimate of drug-likeness (QED) is 0.837. The summed E-state index contributed by atoms with van der Waals surface area (Å²) in [6, 6.07) is 13.1. The van der Waals surface area contributed by atoms with E-state index in [4.69, 9.17) is 5.73 Å². The Morgan fingerprint density at radius 1 is 1.11 bits per heavy atom. The molecule has 0 saturated carbocycles. The van der Waals surface area contributed by atoms with Gasteiger partial charge < -0.3 is 10.6 Å². The number of hydrogen-bond acceptors (Lipinski definition) is 2. The van der Waals surface area contributed by atoms with Crippen molar-refractivity contribution in [3.63, 3.8) is 0 Å². The maximum absolute atomic E-state index is 12.4. The Bertz CT molecular complexity index is 620. The van der Waals surface area contributed by atoms with E-state index in [-0.39, 0.29) is 5.91 Å². The number of amides is 1. The van der Waals surface area contributed by atoms with Crippen LogP contribution < -0.4 is 10.6 Å². The van der Waals surface area contributed by atoms with Gasteiger partial charge in [0, 0.05) is 24.0 Å². The third-order valence-electron chi connectivity index (χ3n) is 3.15. The molecule has 3 nitrogen and oxygen atoms in total. The minimum atomic E-state index is -0.0562. The number of nitrogens with two attached hydrogens (primary N) is 1. The minimum absolute atomic E-state index is 0.0562. The molecule has 1 amide bonds. The van der Waals surface area contributed by atoms with Gasteiger partial charge in [-0.2, -0.15) is 0 Å². The van der Waals surface area contributed by atoms with Crippen LogP contribution in [0.4, 0.5) is 11.4 Å². The molecule has 98 valence electrons. The average Bonchev–Trinajstić information content (AvgIpc) is 2.37. The smallest absolute Gasteiger partial charge is 0.258 e. The van der Waals surface area contributed by atoms with Gasteiger partial charge in [-0.25, -0.2) is 0 Å². The summed E-state index contributed by atoms with van der Waals surface area (Å²) in [4.78, 5) is 14.1. The van der Waals surface area contributed by atoms with Crippen molar-refractivity contribution in [2.45, 2.75) is 13.8 Å². The van der Waals surface area contributed by atoms with Crippen LogP contribution in [0.15, 0.2) is 42.5 Å². The number of nitrogens with zero attached hydrogens (tertiary/aromatic N) is 1. The first-order chi connectivity index (χ1) is 8.99. The van der Waals surface area contributed by atoms with Crippen molar-refractivity contribution in [1.29, 1.82) is 0 Å². The Balaban J connectivity index is 2.33. The lowest BCUT2D eigenvalue weighted by atomic mass is 10.1. The highest BCUT2D eigenvalue weighted by molar-refractivity contribution is 6.06. The molecule has 3 heteroatoms. The van der Waals surface area contributed by atoms with Crippen LogP contribution in [0.25, 0.3) is 0 Å². The van der Waals surface area contributed by atoms with Crippen LogP contribution in [0.2, 0.25) is 0 Å². The van der Waals surface area contributed by atoms with E-state index in [1.165, 1.54) is 5.56 Å². The number of carbonyl (C=O) groups is 1. The predicted octanol–water partition coefficient (Wildman–Crippen LogP) is 3.16. The molecule has 0 aliphatic rings. The molecule has 0 aliphatic carbocycles. The maximum Gasteiger partial charge on any atom is 0.258 e. The molecule has 19 heavy (non-hydrogen) atoms. The van der Waals surface area contributed by atoms with E-state index >= 15 is 0 Å². The van der Waals surface area contributed by atoms with E-state index in [9.17, 15) is 4.79 Å². The maximum atomic E-state index is 12.4. The molecule has 0 bridgehead atoms. The molecule has 0 heterocycles. The van der Waals surface area contributed by atoms with Gasteiger partial charge in [-0.1, -0.05) is 23.8 Å². The molecule has 2 rings (SSSR count). The fourth-order valence-corrected chi connectivity index (χ4v) is 2.16. The van der Waals surface area contributed by atoms with Crippen molar-refractivity contribution in [3.05, 3.63) is 59.2 Å². The summed E-state index contributed by atoms with van der Waals surface area (Å²) < 4.78 is 0. The number of carbonyl (C=O) groups excluding carboxylic acids is 1. The second-order valence-corrected chi connectivity index (χ2v) is 4.78. The van der Waals surface area contributed by atoms with Gasteiger partial charge in [0.15, 0.2) is 0 Å². The first-order valence-corrected chi connectivity index (χ1v) is 6.20. The molecule has 2 aromatic rings. The molecule has 2 aromatic carbocycles. The zero-order valence-corrected chi connectivity index (χ0v) is 11.5. The van der Waals surface area contributed by atoms with Crippen molar-refractivity contribution in [1.82, 2.24) is 0 Å². The Morgan fingerprint density at radius 3 is 2.47 bits per heavy atom.